The van der Waals surface area contributed by atoms with Crippen molar-refractivity contribution >= 4 is 5.91 Å². The van der Waals surface area contributed by atoms with E-state index in [1.165, 1.54) is 6.07 Å². The average molecular weight is 224 g/mol. The lowest BCUT2D eigenvalue weighted by atomic mass is 10.1. The highest BCUT2D eigenvalue weighted by Crippen LogP contribution is 2.11. The van der Waals surface area contributed by atoms with Crippen molar-refractivity contribution in [2.45, 2.75) is 13.8 Å². The molecule has 1 aromatic rings. The molecule has 0 aromatic heterocycles. The number of carbonyl (C=O) groups excluding carboxylic acids is 1. The Morgan fingerprint density at radius 1 is 1.38 bits per heavy atom. The summed E-state index contributed by atoms with van der Waals surface area (Å²) in [5.41, 5.74) is 0.593. The minimum absolute atomic E-state index is 0.108. The van der Waals surface area contributed by atoms with Gasteiger partial charge in [-0.15, -0.1) is 0 Å². The topological polar surface area (TPSA) is 41.1 Å². The van der Waals surface area contributed by atoms with Gasteiger partial charge >= 0.3 is 0 Å². The normalized spacial score (nSPS) is 10.2. The van der Waals surface area contributed by atoms with E-state index in [9.17, 15) is 9.18 Å². The van der Waals surface area contributed by atoms with E-state index in [0.717, 1.165) is 6.54 Å². The van der Waals surface area contributed by atoms with Gasteiger partial charge in [-0.05, 0) is 25.1 Å². The molecular weight excluding hydrogens is 207 g/mol. The van der Waals surface area contributed by atoms with Gasteiger partial charge in [0.2, 0.25) is 0 Å². The first-order valence-corrected chi connectivity index (χ1v) is 5.40. The number of halogens is 1. The molecule has 0 saturated carbocycles. The van der Waals surface area contributed by atoms with E-state index >= 15 is 0 Å². The molecule has 3 nitrogen and oxygen atoms in total. The van der Waals surface area contributed by atoms with E-state index in [1.807, 2.05) is 6.92 Å². The quantitative estimate of drug-likeness (QED) is 0.744. The van der Waals surface area contributed by atoms with Crippen molar-refractivity contribution in [3.63, 3.8) is 0 Å². The minimum Gasteiger partial charge on any atom is -0.351 e. The van der Waals surface area contributed by atoms with Gasteiger partial charge in [0.1, 0.15) is 5.82 Å². The Labute approximate surface area is 95.0 Å². The van der Waals surface area contributed by atoms with Crippen LogP contribution in [0.2, 0.25) is 0 Å². The first-order valence-electron chi connectivity index (χ1n) is 5.40. The van der Waals surface area contributed by atoms with Crippen LogP contribution in [0.4, 0.5) is 4.39 Å². The fourth-order valence-corrected chi connectivity index (χ4v) is 1.36. The van der Waals surface area contributed by atoms with Crippen LogP contribution in [-0.4, -0.2) is 25.5 Å². The van der Waals surface area contributed by atoms with Gasteiger partial charge in [-0.25, -0.2) is 4.39 Å². The summed E-state index contributed by atoms with van der Waals surface area (Å²) in [4.78, 5) is 11.6. The average Bonchev–Trinajstić information content (AvgIpc) is 2.28. The predicted molar refractivity (Wildman–Crippen MR) is 62.0 cm³/mol. The second kappa shape index (κ2) is 6.23. The fraction of sp³-hybridized carbons (Fsp3) is 0.417. The van der Waals surface area contributed by atoms with E-state index in [1.54, 1.807) is 19.1 Å². The van der Waals surface area contributed by atoms with E-state index < -0.39 is 5.82 Å². The van der Waals surface area contributed by atoms with E-state index in [2.05, 4.69) is 10.6 Å². The molecule has 0 spiro atoms. The van der Waals surface area contributed by atoms with Gasteiger partial charge in [-0.2, -0.15) is 0 Å². The van der Waals surface area contributed by atoms with Crippen molar-refractivity contribution in [1.82, 2.24) is 10.6 Å². The van der Waals surface area contributed by atoms with Gasteiger partial charge in [0.25, 0.3) is 5.91 Å². The number of hydrogen-bond acceptors (Lipinski definition) is 2. The number of rotatable bonds is 5. The van der Waals surface area contributed by atoms with Crippen LogP contribution in [0.3, 0.4) is 0 Å². The molecule has 1 aromatic carbocycles. The molecule has 2 N–H and O–H groups in total. The van der Waals surface area contributed by atoms with Crippen LogP contribution in [-0.2, 0) is 0 Å². The molecule has 0 aliphatic carbocycles. The summed E-state index contributed by atoms with van der Waals surface area (Å²) in [6, 6.07) is 4.81. The Bertz CT molecular complexity index is 366. The Hall–Kier alpha value is -1.42. The maximum Gasteiger partial charge on any atom is 0.254 e. The van der Waals surface area contributed by atoms with Crippen molar-refractivity contribution in [1.29, 1.82) is 0 Å². The summed E-state index contributed by atoms with van der Waals surface area (Å²) in [5, 5.41) is 5.73. The molecular formula is C12H17FN2O. The largest absolute Gasteiger partial charge is 0.351 e. The lowest BCUT2D eigenvalue weighted by Crippen LogP contribution is -2.32. The Morgan fingerprint density at radius 2 is 2.12 bits per heavy atom. The number of benzene rings is 1. The predicted octanol–water partition coefficient (Wildman–Crippen LogP) is 1.47. The number of hydrogen-bond donors (Lipinski definition) is 2. The molecule has 0 bridgehead atoms. The molecule has 0 aliphatic rings. The third-order valence-electron chi connectivity index (χ3n) is 2.27. The van der Waals surface area contributed by atoms with Crippen molar-refractivity contribution in [2.75, 3.05) is 19.6 Å². The molecule has 0 heterocycles. The van der Waals surface area contributed by atoms with Gasteiger partial charge in [-0.3, -0.25) is 4.79 Å². The third-order valence-corrected chi connectivity index (χ3v) is 2.27. The van der Waals surface area contributed by atoms with Crippen LogP contribution in [0.5, 0.6) is 0 Å². The van der Waals surface area contributed by atoms with Crippen molar-refractivity contribution in [3.05, 3.63) is 35.1 Å². The SMILES string of the molecule is CCNCCNC(=O)c1cccc(C)c1F. The second-order valence-corrected chi connectivity index (χ2v) is 3.55. The van der Waals surface area contributed by atoms with E-state index in [4.69, 9.17) is 0 Å². The molecule has 0 fully saturated rings. The molecule has 0 radical (unpaired) electrons. The minimum atomic E-state index is -0.441. The molecule has 0 aliphatic heterocycles. The van der Waals surface area contributed by atoms with E-state index in [-0.39, 0.29) is 11.5 Å². The van der Waals surface area contributed by atoms with Crippen LogP contribution in [0.1, 0.15) is 22.8 Å². The molecule has 0 unspecified atom stereocenters. The standard InChI is InChI=1S/C12H17FN2O/c1-3-14-7-8-15-12(16)10-6-4-5-9(2)11(10)13/h4-6,14H,3,7-8H2,1-2H3,(H,15,16). The lowest BCUT2D eigenvalue weighted by molar-refractivity contribution is 0.0950. The zero-order valence-electron chi connectivity index (χ0n) is 9.64. The number of nitrogens with one attached hydrogen (secondary N) is 2. The molecule has 88 valence electrons. The zero-order chi connectivity index (χ0) is 12.0. The number of likely N-dealkylation sites (N-methyl/N-ethyl adjacent to an activating group) is 1. The highest BCUT2D eigenvalue weighted by molar-refractivity contribution is 5.94. The molecule has 4 heteroatoms. The monoisotopic (exact) mass is 224 g/mol. The van der Waals surface area contributed by atoms with Gasteiger partial charge in [0, 0.05) is 13.1 Å². The van der Waals surface area contributed by atoms with Crippen LogP contribution >= 0.6 is 0 Å². The van der Waals surface area contributed by atoms with Crippen molar-refractivity contribution in [2.24, 2.45) is 0 Å². The van der Waals surface area contributed by atoms with Crippen molar-refractivity contribution in [3.8, 4) is 0 Å². The first kappa shape index (κ1) is 12.6. The Balaban J connectivity index is 2.56. The van der Waals surface area contributed by atoms with Crippen LogP contribution in [0.15, 0.2) is 18.2 Å². The molecule has 0 atom stereocenters. The summed E-state index contributed by atoms with van der Waals surface area (Å²) < 4.78 is 13.6. The number of amides is 1. The van der Waals surface area contributed by atoms with Crippen molar-refractivity contribution < 1.29 is 9.18 Å². The molecule has 0 saturated heterocycles. The van der Waals surface area contributed by atoms with Crippen LogP contribution in [0.25, 0.3) is 0 Å². The van der Waals surface area contributed by atoms with Gasteiger partial charge in [-0.1, -0.05) is 19.1 Å². The first-order chi connectivity index (χ1) is 7.66. The van der Waals surface area contributed by atoms with Crippen LogP contribution < -0.4 is 10.6 Å². The maximum atomic E-state index is 13.6. The zero-order valence-corrected chi connectivity index (χ0v) is 9.64. The fourth-order valence-electron chi connectivity index (χ4n) is 1.36. The second-order valence-electron chi connectivity index (χ2n) is 3.55. The summed E-state index contributed by atoms with van der Waals surface area (Å²) >= 11 is 0. The Kier molecular flexibility index (Phi) is 4.92. The molecule has 1 rings (SSSR count). The van der Waals surface area contributed by atoms with Gasteiger partial charge in [0.15, 0.2) is 0 Å². The summed E-state index contributed by atoms with van der Waals surface area (Å²) in [6.07, 6.45) is 0. The highest BCUT2D eigenvalue weighted by atomic mass is 19.1. The summed E-state index contributed by atoms with van der Waals surface area (Å²) in [5.74, 6) is -0.803. The van der Waals surface area contributed by atoms with Gasteiger partial charge < -0.3 is 10.6 Å². The van der Waals surface area contributed by atoms with Crippen LogP contribution in [0, 0.1) is 12.7 Å². The smallest absolute Gasteiger partial charge is 0.254 e. The highest BCUT2D eigenvalue weighted by Gasteiger charge is 2.11. The summed E-state index contributed by atoms with van der Waals surface area (Å²) in [7, 11) is 0. The lowest BCUT2D eigenvalue weighted by Gasteiger charge is -2.07. The maximum absolute atomic E-state index is 13.6. The van der Waals surface area contributed by atoms with Gasteiger partial charge in [0.05, 0.1) is 5.56 Å². The number of aryl methyl sites for hydroxylation is 1. The van der Waals surface area contributed by atoms with E-state index in [0.29, 0.717) is 18.7 Å². The molecule has 16 heavy (non-hydrogen) atoms. The molecule has 1 amide bonds. The Morgan fingerprint density at radius 3 is 2.81 bits per heavy atom. The number of carbonyl (C=O) groups is 1. The third kappa shape index (κ3) is 3.31. The summed E-state index contributed by atoms with van der Waals surface area (Å²) in [6.45, 7) is 5.68.